The number of nitrogens with zero attached hydrogens (tertiary/aromatic N) is 3. The highest BCUT2D eigenvalue weighted by Gasteiger charge is 2.49. The molecular formula is C21H17F2N3O5S. The molecular weight excluding hydrogens is 444 g/mol. The van der Waals surface area contributed by atoms with Crippen molar-refractivity contribution in [2.45, 2.75) is 43.4 Å². The minimum Gasteiger partial charge on any atom is -0.451 e. The lowest BCUT2D eigenvalue weighted by atomic mass is 10.1. The maximum atomic E-state index is 13.7. The highest BCUT2D eigenvalue weighted by molar-refractivity contribution is 7.90. The molecule has 3 aromatic rings. The van der Waals surface area contributed by atoms with Crippen LogP contribution in [0, 0.1) is 0 Å². The van der Waals surface area contributed by atoms with Crippen LogP contribution < -0.4 is 0 Å². The first-order chi connectivity index (χ1) is 15.2. The van der Waals surface area contributed by atoms with Gasteiger partial charge < -0.3 is 4.74 Å². The summed E-state index contributed by atoms with van der Waals surface area (Å²) in [4.78, 5) is 29.1. The third-order valence-electron chi connectivity index (χ3n) is 5.53. The first-order valence-corrected chi connectivity index (χ1v) is 11.3. The predicted octanol–water partition coefficient (Wildman–Crippen LogP) is 3.66. The lowest BCUT2D eigenvalue weighted by molar-refractivity contribution is 0.0233. The van der Waals surface area contributed by atoms with Crippen LogP contribution in [-0.2, 0) is 14.8 Å². The van der Waals surface area contributed by atoms with Gasteiger partial charge in [-0.05, 0) is 50.1 Å². The number of fused-ring (bicyclic) bond motifs is 2. The monoisotopic (exact) mass is 461 g/mol. The molecule has 0 N–H and O–H groups in total. The largest absolute Gasteiger partial charge is 0.451 e. The van der Waals surface area contributed by atoms with Crippen molar-refractivity contribution in [2.75, 3.05) is 0 Å². The molecule has 8 nitrogen and oxygen atoms in total. The molecule has 11 heteroatoms. The number of rotatable bonds is 5. The van der Waals surface area contributed by atoms with Crippen LogP contribution in [0.2, 0.25) is 0 Å². The lowest BCUT2D eigenvalue weighted by Gasteiger charge is -2.15. The Labute approximate surface area is 181 Å². The van der Waals surface area contributed by atoms with E-state index in [-0.39, 0.29) is 33.4 Å². The van der Waals surface area contributed by atoms with Crippen molar-refractivity contribution in [3.63, 3.8) is 0 Å². The zero-order valence-electron chi connectivity index (χ0n) is 16.7. The molecule has 1 unspecified atom stereocenters. The van der Waals surface area contributed by atoms with Gasteiger partial charge in [0.25, 0.3) is 15.9 Å². The standard InChI is InChI=1S/C21H17F2N3O5S/c1-11(18-24-15-4-2-3-5-16(15)25(18)21(22)23)31-20(28)12-6-9-14-17(10-12)32(29,30)26(19(14)27)13-7-8-13/h2-6,9-11,13,21H,7-8H2,1H3. The summed E-state index contributed by atoms with van der Waals surface area (Å²) in [5.41, 5.74) is 0.418. The van der Waals surface area contributed by atoms with E-state index >= 15 is 0 Å². The minimum absolute atomic E-state index is 0.000918. The number of alkyl halides is 2. The quantitative estimate of drug-likeness (QED) is 0.538. The fraction of sp³-hybridized carbons (Fsp3) is 0.286. The van der Waals surface area contributed by atoms with Crippen LogP contribution in [0.3, 0.4) is 0 Å². The van der Waals surface area contributed by atoms with E-state index < -0.39 is 34.6 Å². The van der Waals surface area contributed by atoms with Crippen LogP contribution in [-0.4, -0.2) is 40.2 Å². The molecule has 1 aliphatic carbocycles. The van der Waals surface area contributed by atoms with Gasteiger partial charge in [0, 0.05) is 6.04 Å². The minimum atomic E-state index is -4.04. The molecule has 1 aromatic heterocycles. The Morgan fingerprint density at radius 1 is 1.19 bits per heavy atom. The van der Waals surface area contributed by atoms with Crippen molar-refractivity contribution in [2.24, 2.45) is 0 Å². The number of benzene rings is 2. The Bertz CT molecular complexity index is 1380. The number of esters is 1. The number of hydrogen-bond acceptors (Lipinski definition) is 6. The molecule has 1 atom stereocenters. The Morgan fingerprint density at radius 3 is 2.59 bits per heavy atom. The van der Waals surface area contributed by atoms with Crippen LogP contribution in [0.5, 0.6) is 0 Å². The Hall–Kier alpha value is -3.34. The van der Waals surface area contributed by atoms with Gasteiger partial charge in [-0.3, -0.25) is 9.36 Å². The van der Waals surface area contributed by atoms with E-state index in [1.807, 2.05) is 0 Å². The zero-order chi connectivity index (χ0) is 22.8. The van der Waals surface area contributed by atoms with Gasteiger partial charge in [-0.1, -0.05) is 12.1 Å². The van der Waals surface area contributed by atoms with Crippen LogP contribution in [0.4, 0.5) is 8.78 Å². The number of imidazole rings is 1. The van der Waals surface area contributed by atoms with Gasteiger partial charge in [-0.15, -0.1) is 0 Å². The molecule has 166 valence electrons. The normalized spacial score (nSPS) is 18.2. The second kappa shape index (κ2) is 7.09. The molecule has 0 spiro atoms. The second-order valence-corrected chi connectivity index (χ2v) is 9.49. The van der Waals surface area contributed by atoms with E-state index in [0.717, 1.165) is 10.4 Å². The van der Waals surface area contributed by atoms with Gasteiger partial charge in [-0.25, -0.2) is 22.5 Å². The van der Waals surface area contributed by atoms with Gasteiger partial charge in [0.15, 0.2) is 11.9 Å². The number of hydrogen-bond donors (Lipinski definition) is 0. The summed E-state index contributed by atoms with van der Waals surface area (Å²) in [6, 6.07) is 9.61. The van der Waals surface area contributed by atoms with Gasteiger partial charge in [0.2, 0.25) is 0 Å². The van der Waals surface area contributed by atoms with Crippen molar-refractivity contribution in [3.8, 4) is 0 Å². The van der Waals surface area contributed by atoms with Crippen molar-refractivity contribution in [1.82, 2.24) is 13.9 Å². The Balaban J connectivity index is 1.45. The number of sulfonamides is 1. The van der Waals surface area contributed by atoms with E-state index in [1.165, 1.54) is 25.1 Å². The third kappa shape index (κ3) is 3.07. The molecule has 1 fully saturated rings. The molecule has 1 amide bonds. The molecule has 5 rings (SSSR count). The Morgan fingerprint density at radius 2 is 1.91 bits per heavy atom. The molecule has 32 heavy (non-hydrogen) atoms. The maximum Gasteiger partial charge on any atom is 0.338 e. The molecule has 1 aliphatic heterocycles. The summed E-state index contributed by atoms with van der Waals surface area (Å²) in [5, 5.41) is 0. The smallest absolute Gasteiger partial charge is 0.338 e. The van der Waals surface area contributed by atoms with Crippen molar-refractivity contribution in [3.05, 3.63) is 59.4 Å². The average Bonchev–Trinajstić information content (AvgIpc) is 3.45. The summed E-state index contributed by atoms with van der Waals surface area (Å²) in [6.45, 7) is -1.50. The average molecular weight is 461 g/mol. The van der Waals surface area contributed by atoms with Crippen LogP contribution in [0.15, 0.2) is 47.4 Å². The van der Waals surface area contributed by atoms with E-state index in [0.29, 0.717) is 22.9 Å². The second-order valence-electron chi connectivity index (χ2n) is 7.70. The summed E-state index contributed by atoms with van der Waals surface area (Å²) in [6.07, 6.45) is 0.0749. The van der Waals surface area contributed by atoms with Gasteiger partial charge in [0.1, 0.15) is 4.90 Å². The van der Waals surface area contributed by atoms with E-state index in [9.17, 15) is 26.8 Å². The maximum absolute atomic E-state index is 13.7. The first kappa shape index (κ1) is 20.6. The number of carbonyl (C=O) groups excluding carboxylic acids is 2. The molecule has 0 radical (unpaired) electrons. The molecule has 0 saturated heterocycles. The van der Waals surface area contributed by atoms with E-state index in [4.69, 9.17) is 4.74 Å². The molecule has 2 aliphatic rings. The number of aromatic nitrogens is 2. The Kier molecular flexibility index (Phi) is 4.55. The van der Waals surface area contributed by atoms with Crippen molar-refractivity contribution in [1.29, 1.82) is 0 Å². The van der Waals surface area contributed by atoms with Gasteiger partial charge in [-0.2, -0.15) is 8.78 Å². The molecule has 2 heterocycles. The number of ether oxygens (including phenoxy) is 1. The highest BCUT2D eigenvalue weighted by atomic mass is 32.2. The topological polar surface area (TPSA) is 98.6 Å². The fourth-order valence-electron chi connectivity index (χ4n) is 3.88. The zero-order valence-corrected chi connectivity index (χ0v) is 17.6. The summed E-state index contributed by atoms with van der Waals surface area (Å²) in [5.74, 6) is -1.67. The van der Waals surface area contributed by atoms with E-state index in [1.54, 1.807) is 18.2 Å². The molecule has 1 saturated carbocycles. The number of para-hydroxylation sites is 2. The van der Waals surface area contributed by atoms with Crippen LogP contribution in [0.1, 0.15) is 59.0 Å². The molecule has 2 aromatic carbocycles. The fourth-order valence-corrected chi connectivity index (χ4v) is 5.72. The predicted molar refractivity (Wildman–Crippen MR) is 108 cm³/mol. The number of carbonyl (C=O) groups is 2. The van der Waals surface area contributed by atoms with Crippen molar-refractivity contribution < 1.29 is 31.5 Å². The van der Waals surface area contributed by atoms with Crippen LogP contribution in [0.25, 0.3) is 11.0 Å². The summed E-state index contributed by atoms with van der Waals surface area (Å²) < 4.78 is 59.8. The van der Waals surface area contributed by atoms with Crippen LogP contribution >= 0.6 is 0 Å². The third-order valence-corrected chi connectivity index (χ3v) is 7.40. The lowest BCUT2D eigenvalue weighted by Crippen LogP contribution is -2.31. The van der Waals surface area contributed by atoms with Gasteiger partial charge in [0.05, 0.1) is 22.2 Å². The summed E-state index contributed by atoms with van der Waals surface area (Å²) in [7, 11) is -4.04. The highest BCUT2D eigenvalue weighted by Crippen LogP contribution is 2.40. The summed E-state index contributed by atoms with van der Waals surface area (Å²) >= 11 is 0. The SMILES string of the molecule is CC(OC(=O)c1ccc2c(c1)S(=O)(=O)N(C1CC1)C2=O)c1nc2ccccc2n1C(F)F. The first-order valence-electron chi connectivity index (χ1n) is 9.89. The van der Waals surface area contributed by atoms with Crippen molar-refractivity contribution >= 4 is 32.9 Å². The number of halogens is 2. The number of amides is 1. The molecule has 0 bridgehead atoms. The van der Waals surface area contributed by atoms with E-state index in [2.05, 4.69) is 4.98 Å². The van der Waals surface area contributed by atoms with Gasteiger partial charge >= 0.3 is 12.5 Å².